The van der Waals surface area contributed by atoms with Crippen LogP contribution in [0.5, 0.6) is 0 Å². The molecule has 0 aromatic rings. The minimum absolute atomic E-state index is 0.511. The topological polar surface area (TPSA) is 20.2 Å². The van der Waals surface area contributed by atoms with Crippen LogP contribution in [0.25, 0.3) is 0 Å². The van der Waals surface area contributed by atoms with E-state index in [0.717, 1.165) is 6.42 Å². The Hall–Kier alpha value is 0.830. The molecule has 1 fully saturated rings. The predicted molar refractivity (Wildman–Crippen MR) is 43.9 cm³/mol. The van der Waals surface area contributed by atoms with Crippen molar-refractivity contribution in [2.45, 2.75) is 35.1 Å². The van der Waals surface area contributed by atoms with Crippen LogP contribution in [0.1, 0.15) is 19.8 Å². The van der Waals surface area contributed by atoms with Crippen LogP contribution in [0.3, 0.4) is 0 Å². The van der Waals surface area contributed by atoms with Crippen molar-refractivity contribution in [2.75, 3.05) is 0 Å². The second kappa shape index (κ2) is 2.41. The smallest absolute Gasteiger partial charge is 0.167 e. The van der Waals surface area contributed by atoms with E-state index in [4.69, 9.17) is 34.8 Å². The lowest BCUT2D eigenvalue weighted by Gasteiger charge is -2.06. The highest BCUT2D eigenvalue weighted by molar-refractivity contribution is 6.58. The maximum Gasteiger partial charge on any atom is 0.167 e. The Morgan fingerprint density at radius 3 is 2.00 bits per heavy atom. The van der Waals surface area contributed by atoms with Crippen molar-refractivity contribution in [3.63, 3.8) is 0 Å². The second-order valence-corrected chi connectivity index (χ2v) is 4.48. The van der Waals surface area contributed by atoms with Gasteiger partial charge in [0.05, 0.1) is 0 Å². The first-order valence-corrected chi connectivity index (χ1v) is 4.40. The average molecular weight is 203 g/mol. The molecular weight excluding hydrogens is 194 g/mol. The normalized spacial score (nSPS) is 43.5. The van der Waals surface area contributed by atoms with E-state index in [-0.39, 0.29) is 0 Å². The second-order valence-electron chi connectivity index (χ2n) is 2.66. The van der Waals surface area contributed by atoms with Crippen molar-refractivity contribution < 1.29 is 5.11 Å². The van der Waals surface area contributed by atoms with E-state index in [1.807, 2.05) is 6.92 Å². The van der Waals surface area contributed by atoms with Gasteiger partial charge in [0.1, 0.15) is 11.0 Å². The highest BCUT2D eigenvalue weighted by atomic mass is 35.5. The molecular formula is C6H9Cl3O. The molecule has 0 spiro atoms. The van der Waals surface area contributed by atoms with Crippen molar-refractivity contribution in [3.05, 3.63) is 0 Å². The average Bonchev–Trinajstić information content (AvgIpc) is 2.17. The third kappa shape index (κ3) is 0.953. The minimum atomic E-state index is -1.12. The molecule has 1 saturated carbocycles. The van der Waals surface area contributed by atoms with Crippen LogP contribution in [-0.2, 0) is 0 Å². The van der Waals surface area contributed by atoms with Gasteiger partial charge in [0.25, 0.3) is 0 Å². The molecule has 0 heterocycles. The highest BCUT2D eigenvalue weighted by Gasteiger charge is 2.74. The Morgan fingerprint density at radius 1 is 1.50 bits per heavy atom. The summed E-state index contributed by atoms with van der Waals surface area (Å²) in [5.74, 6) is 0. The molecule has 1 N–H and O–H groups in total. The van der Waals surface area contributed by atoms with Gasteiger partial charge in [-0.3, -0.25) is 0 Å². The van der Waals surface area contributed by atoms with Crippen molar-refractivity contribution in [2.24, 2.45) is 0 Å². The number of aliphatic hydroxyl groups is 1. The molecule has 0 aromatic carbocycles. The van der Waals surface area contributed by atoms with Gasteiger partial charge >= 0.3 is 0 Å². The van der Waals surface area contributed by atoms with Crippen molar-refractivity contribution in [1.29, 1.82) is 0 Å². The summed E-state index contributed by atoms with van der Waals surface area (Å²) in [7, 11) is 0. The first kappa shape index (κ1) is 8.92. The molecule has 0 amide bonds. The van der Waals surface area contributed by atoms with Crippen molar-refractivity contribution >= 4 is 34.8 Å². The van der Waals surface area contributed by atoms with E-state index < -0.39 is 15.3 Å². The van der Waals surface area contributed by atoms with Gasteiger partial charge in [0, 0.05) is 0 Å². The number of hydrogen-bond donors (Lipinski definition) is 1. The Bertz CT molecular complexity index is 148. The van der Waals surface area contributed by atoms with Crippen LogP contribution in [0.4, 0.5) is 0 Å². The molecule has 1 aliphatic rings. The van der Waals surface area contributed by atoms with Crippen molar-refractivity contribution in [1.82, 2.24) is 0 Å². The van der Waals surface area contributed by atoms with E-state index in [1.54, 1.807) is 0 Å². The summed E-state index contributed by atoms with van der Waals surface area (Å²) in [6.07, 6.45) is 1.40. The quantitative estimate of drug-likeness (QED) is 0.683. The van der Waals surface area contributed by atoms with E-state index in [1.165, 1.54) is 0 Å². The minimum Gasteiger partial charge on any atom is -0.385 e. The summed E-state index contributed by atoms with van der Waals surface area (Å²) < 4.78 is -1.12. The number of rotatable bonds is 2. The van der Waals surface area contributed by atoms with E-state index in [9.17, 15) is 5.11 Å². The van der Waals surface area contributed by atoms with Crippen LogP contribution < -0.4 is 0 Å². The molecule has 1 rings (SSSR count). The fraction of sp³-hybridized carbons (Fsp3) is 1.00. The third-order valence-electron chi connectivity index (χ3n) is 1.86. The maximum absolute atomic E-state index is 9.53. The van der Waals surface area contributed by atoms with E-state index in [0.29, 0.717) is 6.42 Å². The molecule has 0 aliphatic heterocycles. The standard InChI is InChI=1S/C6H9Cl3O/c1-2-3-5(10)4(7)6(5,8)9/h4,10H,2-3H2,1H3. The van der Waals surface area contributed by atoms with Gasteiger partial charge < -0.3 is 5.11 Å². The van der Waals surface area contributed by atoms with Crippen LogP contribution in [0, 0.1) is 0 Å². The van der Waals surface area contributed by atoms with Crippen LogP contribution in [0.15, 0.2) is 0 Å². The largest absolute Gasteiger partial charge is 0.385 e. The zero-order valence-electron chi connectivity index (χ0n) is 5.57. The van der Waals surface area contributed by atoms with Gasteiger partial charge in [-0.15, -0.1) is 11.6 Å². The van der Waals surface area contributed by atoms with Gasteiger partial charge in [0.15, 0.2) is 4.33 Å². The van der Waals surface area contributed by atoms with Crippen molar-refractivity contribution in [3.8, 4) is 0 Å². The zero-order chi connectivity index (χ0) is 7.99. The van der Waals surface area contributed by atoms with E-state index in [2.05, 4.69) is 0 Å². The first-order valence-electron chi connectivity index (χ1n) is 3.21. The summed E-state index contributed by atoms with van der Waals surface area (Å²) in [4.78, 5) is 0. The maximum atomic E-state index is 9.53. The summed E-state index contributed by atoms with van der Waals surface area (Å²) in [6.45, 7) is 1.95. The summed E-state index contributed by atoms with van der Waals surface area (Å²) in [5.41, 5.74) is -1.05. The Kier molecular flexibility index (Phi) is 2.15. The zero-order valence-corrected chi connectivity index (χ0v) is 7.84. The molecule has 0 bridgehead atoms. The lowest BCUT2D eigenvalue weighted by molar-refractivity contribution is 0.137. The van der Waals surface area contributed by atoms with Gasteiger partial charge in [-0.05, 0) is 6.42 Å². The third-order valence-corrected chi connectivity index (χ3v) is 3.87. The monoisotopic (exact) mass is 202 g/mol. The lowest BCUT2D eigenvalue weighted by Crippen LogP contribution is -2.16. The Balaban J connectivity index is 2.59. The van der Waals surface area contributed by atoms with E-state index >= 15 is 0 Å². The molecule has 0 saturated heterocycles. The van der Waals surface area contributed by atoms with Crippen LogP contribution >= 0.6 is 34.8 Å². The number of alkyl halides is 3. The molecule has 10 heavy (non-hydrogen) atoms. The van der Waals surface area contributed by atoms with Gasteiger partial charge in [-0.2, -0.15) is 0 Å². The first-order chi connectivity index (χ1) is 4.47. The van der Waals surface area contributed by atoms with Crippen LogP contribution in [0.2, 0.25) is 0 Å². The molecule has 1 aliphatic carbocycles. The molecule has 4 heteroatoms. The van der Waals surface area contributed by atoms with Crippen LogP contribution in [-0.4, -0.2) is 20.4 Å². The summed E-state index contributed by atoms with van der Waals surface area (Å²) >= 11 is 17.0. The molecule has 0 aromatic heterocycles. The summed E-state index contributed by atoms with van der Waals surface area (Å²) in [6, 6.07) is 0. The molecule has 2 unspecified atom stereocenters. The number of hydrogen-bond acceptors (Lipinski definition) is 1. The van der Waals surface area contributed by atoms with Gasteiger partial charge in [0.2, 0.25) is 0 Å². The molecule has 2 atom stereocenters. The predicted octanol–water partition coefficient (Wildman–Crippen LogP) is 2.31. The summed E-state index contributed by atoms with van der Waals surface area (Å²) in [5, 5.41) is 9.02. The lowest BCUT2D eigenvalue weighted by atomic mass is 10.2. The number of halogens is 3. The van der Waals surface area contributed by atoms with Gasteiger partial charge in [-0.25, -0.2) is 0 Å². The molecule has 1 nitrogen and oxygen atoms in total. The highest BCUT2D eigenvalue weighted by Crippen LogP contribution is 2.62. The molecule has 0 radical (unpaired) electrons. The van der Waals surface area contributed by atoms with Gasteiger partial charge in [-0.1, -0.05) is 36.5 Å². The fourth-order valence-corrected chi connectivity index (χ4v) is 2.25. The molecule has 60 valence electrons. The Labute approximate surface area is 75.3 Å². The fourth-order valence-electron chi connectivity index (χ4n) is 1.07. The Morgan fingerprint density at radius 2 is 1.90 bits per heavy atom. The SMILES string of the molecule is CCCC1(O)C(Cl)C1(Cl)Cl.